The largest absolute Gasteiger partial charge is 0.260 e. The molecule has 1 aromatic heterocycles. The minimum atomic E-state index is 0.575. The molecule has 24 heavy (non-hydrogen) atoms. The number of hydrogen-bond acceptors (Lipinski definition) is 4. The van der Waals surface area contributed by atoms with Crippen molar-refractivity contribution in [2.45, 2.75) is 39.5 Å². The molecule has 0 unspecified atom stereocenters. The number of nitrogens with zero attached hydrogens (tertiary/aromatic N) is 3. The van der Waals surface area contributed by atoms with E-state index in [4.69, 9.17) is 0 Å². The molecule has 0 fully saturated rings. The monoisotopic (exact) mass is 337 g/mol. The van der Waals surface area contributed by atoms with Crippen molar-refractivity contribution in [2.75, 3.05) is 6.67 Å². The maximum absolute atomic E-state index is 4.28. The molecule has 0 saturated heterocycles. The topological polar surface area (TPSA) is 37.6 Å². The fraction of sp³-hybridized carbons (Fsp3) is 0.350. The van der Waals surface area contributed by atoms with Crippen molar-refractivity contribution >= 4 is 21.6 Å². The Labute approximate surface area is 146 Å². The molecule has 1 aliphatic rings. The Morgan fingerprint density at radius 3 is 2.25 bits per heavy atom. The van der Waals surface area contributed by atoms with Crippen molar-refractivity contribution in [3.63, 3.8) is 0 Å². The second-order valence-corrected chi connectivity index (χ2v) is 7.48. The van der Waals surface area contributed by atoms with Crippen molar-refractivity contribution in [1.82, 2.24) is 4.98 Å². The van der Waals surface area contributed by atoms with E-state index in [2.05, 4.69) is 79.1 Å². The van der Waals surface area contributed by atoms with Crippen LogP contribution >= 0.6 is 11.3 Å². The highest BCUT2D eigenvalue weighted by atomic mass is 32.1. The Hall–Kier alpha value is -2.07. The second kappa shape index (κ2) is 7.22. The Morgan fingerprint density at radius 2 is 1.50 bits per heavy atom. The van der Waals surface area contributed by atoms with E-state index in [0.29, 0.717) is 18.5 Å². The third kappa shape index (κ3) is 3.70. The first-order chi connectivity index (χ1) is 11.5. The smallest absolute Gasteiger partial charge is 0.130 e. The molecule has 0 saturated carbocycles. The normalized spacial score (nSPS) is 12.6. The van der Waals surface area contributed by atoms with Gasteiger partial charge in [0.2, 0.25) is 0 Å². The number of rotatable bonds is 2. The fourth-order valence-corrected chi connectivity index (χ4v) is 3.30. The highest BCUT2D eigenvalue weighted by Crippen LogP contribution is 2.23. The van der Waals surface area contributed by atoms with Gasteiger partial charge in [-0.05, 0) is 47.2 Å². The Bertz CT molecular complexity index is 954. The van der Waals surface area contributed by atoms with Gasteiger partial charge in [-0.15, -0.1) is 11.3 Å². The van der Waals surface area contributed by atoms with Gasteiger partial charge in [-0.1, -0.05) is 39.8 Å². The van der Waals surface area contributed by atoms with E-state index >= 15 is 0 Å². The van der Waals surface area contributed by atoms with Gasteiger partial charge in [0.05, 0.1) is 26.4 Å². The zero-order valence-corrected chi connectivity index (χ0v) is 15.5. The summed E-state index contributed by atoms with van der Waals surface area (Å²) in [6.45, 7) is 9.41. The van der Waals surface area contributed by atoms with Crippen LogP contribution in [0.5, 0.6) is 0 Å². The third-order valence-corrected chi connectivity index (χ3v) is 4.96. The summed E-state index contributed by atoms with van der Waals surface area (Å²) in [6, 6.07) is 12.8. The summed E-state index contributed by atoms with van der Waals surface area (Å²) >= 11 is 1.71. The molecule has 1 aliphatic heterocycles. The summed E-state index contributed by atoms with van der Waals surface area (Å²) in [7, 11) is 0. The predicted molar refractivity (Wildman–Crippen MR) is 101 cm³/mol. The van der Waals surface area contributed by atoms with E-state index in [1.54, 1.807) is 11.3 Å². The first-order valence-corrected chi connectivity index (χ1v) is 9.24. The average Bonchev–Trinajstić information content (AvgIpc) is 3.22. The van der Waals surface area contributed by atoms with Crippen LogP contribution in [0.2, 0.25) is 0 Å². The lowest BCUT2D eigenvalue weighted by atomic mass is 10.0. The van der Waals surface area contributed by atoms with Gasteiger partial charge in [-0.2, -0.15) is 0 Å². The van der Waals surface area contributed by atoms with Crippen LogP contribution < -0.4 is 10.7 Å². The molecule has 0 radical (unpaired) electrons. The molecule has 0 N–H and O–H groups in total. The molecule has 3 aromatic rings. The number of aromatic nitrogens is 1. The van der Waals surface area contributed by atoms with Gasteiger partial charge < -0.3 is 0 Å². The summed E-state index contributed by atoms with van der Waals surface area (Å²) in [5.41, 5.74) is 5.75. The number of fused-ring (bicyclic) bond motifs is 2. The summed E-state index contributed by atoms with van der Waals surface area (Å²) in [4.78, 5) is 12.7. The minimum absolute atomic E-state index is 0.575. The lowest BCUT2D eigenvalue weighted by Crippen LogP contribution is -2.21. The lowest BCUT2D eigenvalue weighted by molar-refractivity contribution is 0.863. The molecule has 0 atom stereocenters. The number of benzene rings is 2. The quantitative estimate of drug-likeness (QED) is 0.681. The summed E-state index contributed by atoms with van der Waals surface area (Å²) in [5.74, 6) is 1.18. The van der Waals surface area contributed by atoms with Crippen molar-refractivity contribution in [1.29, 1.82) is 0 Å². The van der Waals surface area contributed by atoms with Crippen LogP contribution in [0.3, 0.4) is 0 Å². The van der Waals surface area contributed by atoms with E-state index in [9.17, 15) is 0 Å². The lowest BCUT2D eigenvalue weighted by Gasteiger charge is -2.03. The number of hydrogen-bond donors (Lipinski definition) is 0. The van der Waals surface area contributed by atoms with Gasteiger partial charge >= 0.3 is 0 Å². The van der Waals surface area contributed by atoms with Crippen molar-refractivity contribution in [3.05, 3.63) is 63.8 Å². The predicted octanol–water partition coefficient (Wildman–Crippen LogP) is 4.44. The van der Waals surface area contributed by atoms with Crippen LogP contribution in [0.15, 0.2) is 51.9 Å². The molecule has 0 amide bonds. The zero-order valence-electron chi connectivity index (χ0n) is 14.7. The summed E-state index contributed by atoms with van der Waals surface area (Å²) in [5, 5.41) is 2.10. The van der Waals surface area contributed by atoms with Crippen LogP contribution in [0, 0.1) is 0 Å². The number of thiazole rings is 1. The van der Waals surface area contributed by atoms with E-state index in [-0.39, 0.29) is 0 Å². The molecule has 4 heteroatoms. The molecule has 2 aromatic carbocycles. The second-order valence-electron chi connectivity index (χ2n) is 6.59. The Kier molecular flexibility index (Phi) is 5.05. The van der Waals surface area contributed by atoms with Gasteiger partial charge in [-0.25, -0.2) is 4.98 Å². The average molecular weight is 337 g/mol. The van der Waals surface area contributed by atoms with Crippen LogP contribution in [-0.2, 0) is 0 Å². The molecule has 4 rings (SSSR count). The molecular weight excluding hydrogens is 314 g/mol. The van der Waals surface area contributed by atoms with Gasteiger partial charge in [0.1, 0.15) is 6.67 Å². The highest BCUT2D eigenvalue weighted by Gasteiger charge is 2.02. The Morgan fingerprint density at radius 1 is 0.833 bits per heavy atom. The van der Waals surface area contributed by atoms with Gasteiger partial charge in [0.25, 0.3) is 0 Å². The maximum Gasteiger partial charge on any atom is 0.130 e. The van der Waals surface area contributed by atoms with Gasteiger partial charge in [0, 0.05) is 0 Å². The summed E-state index contributed by atoms with van der Waals surface area (Å²) < 4.78 is 1.29. The van der Waals surface area contributed by atoms with E-state index < -0.39 is 0 Å². The molecule has 0 aliphatic carbocycles. The maximum atomic E-state index is 4.28. The zero-order chi connectivity index (χ0) is 17.1. The molecule has 124 valence electrons. The molecule has 3 nitrogen and oxygen atoms in total. The van der Waals surface area contributed by atoms with Crippen LogP contribution in [0.25, 0.3) is 10.2 Å². The van der Waals surface area contributed by atoms with Crippen LogP contribution in [0.1, 0.15) is 50.7 Å². The van der Waals surface area contributed by atoms with E-state index in [1.165, 1.54) is 15.8 Å². The molecular formula is C20H23N3S. The van der Waals surface area contributed by atoms with E-state index in [0.717, 1.165) is 16.2 Å². The first kappa shape index (κ1) is 16.8. The van der Waals surface area contributed by atoms with Crippen LogP contribution in [0.4, 0.5) is 0 Å². The Balaban J connectivity index is 0.000000141. The van der Waals surface area contributed by atoms with Crippen molar-refractivity contribution < 1.29 is 0 Å². The van der Waals surface area contributed by atoms with Gasteiger partial charge in [0.15, 0.2) is 0 Å². The minimum Gasteiger partial charge on any atom is -0.260 e. The summed E-state index contributed by atoms with van der Waals surface area (Å²) in [6.07, 6.45) is 0. The van der Waals surface area contributed by atoms with Crippen LogP contribution in [-0.4, -0.2) is 11.7 Å². The van der Waals surface area contributed by atoms with Crippen molar-refractivity contribution in [2.24, 2.45) is 9.98 Å². The SMILES string of the molecule is CC(C)c1ccc2c(c1)=NCN=2.CC(C)c1ccc2ncsc2c1. The highest BCUT2D eigenvalue weighted by molar-refractivity contribution is 7.16. The third-order valence-electron chi connectivity index (χ3n) is 4.17. The molecule has 2 heterocycles. The fourth-order valence-electron chi connectivity index (χ4n) is 2.58. The van der Waals surface area contributed by atoms with Gasteiger partial charge in [-0.3, -0.25) is 9.98 Å². The van der Waals surface area contributed by atoms with Crippen molar-refractivity contribution in [3.8, 4) is 0 Å². The molecule has 0 spiro atoms. The first-order valence-electron chi connectivity index (χ1n) is 8.36. The van der Waals surface area contributed by atoms with E-state index in [1.807, 2.05) is 5.51 Å². The molecule has 0 bridgehead atoms. The standard InChI is InChI=1S/C10H12N2.C10H11NS/c2*1-7(2)8-3-4-9-10(5-8)12-6-11-9/h3-5,7H,6H2,1-2H3;3-7H,1-2H3.